The van der Waals surface area contributed by atoms with Crippen molar-refractivity contribution in [3.05, 3.63) is 68.3 Å². The molecule has 0 saturated heterocycles. The molecule has 0 radical (unpaired) electrons. The van der Waals surface area contributed by atoms with Crippen LogP contribution in [0.3, 0.4) is 0 Å². The molecule has 0 aliphatic carbocycles. The Morgan fingerprint density at radius 2 is 1.84 bits per heavy atom. The van der Waals surface area contributed by atoms with Gasteiger partial charge in [0.15, 0.2) is 0 Å². The van der Waals surface area contributed by atoms with Crippen LogP contribution in [0.1, 0.15) is 5.82 Å². The van der Waals surface area contributed by atoms with E-state index in [4.69, 9.17) is 0 Å². The van der Waals surface area contributed by atoms with Crippen molar-refractivity contribution in [2.75, 3.05) is 0 Å². The van der Waals surface area contributed by atoms with Crippen LogP contribution in [0.25, 0.3) is 16.6 Å². The molecule has 94 valence electrons. The zero-order chi connectivity index (χ0) is 13.4. The first-order valence-corrected chi connectivity index (χ1v) is 6.99. The van der Waals surface area contributed by atoms with Crippen molar-refractivity contribution in [3.8, 4) is 5.69 Å². The van der Waals surface area contributed by atoms with Gasteiger partial charge in [-0.05, 0) is 59.8 Å². The van der Waals surface area contributed by atoms with E-state index in [9.17, 15) is 4.79 Å². The predicted octanol–water partition coefficient (Wildman–Crippen LogP) is 3.30. The summed E-state index contributed by atoms with van der Waals surface area (Å²) in [6.45, 7) is 1.85. The first-order chi connectivity index (χ1) is 9.16. The number of hydrogen-bond donors (Lipinski definition) is 0. The molecule has 4 heteroatoms. The van der Waals surface area contributed by atoms with Crippen LogP contribution in [0.5, 0.6) is 0 Å². The summed E-state index contributed by atoms with van der Waals surface area (Å²) in [6.07, 6.45) is 0. The van der Waals surface area contributed by atoms with Gasteiger partial charge in [-0.2, -0.15) is 0 Å². The van der Waals surface area contributed by atoms with Gasteiger partial charge in [0.2, 0.25) is 0 Å². The molecule has 0 N–H and O–H groups in total. The Kier molecular flexibility index (Phi) is 3.10. The Morgan fingerprint density at radius 3 is 2.58 bits per heavy atom. The summed E-state index contributed by atoms with van der Waals surface area (Å²) in [5.74, 6) is 0.699. The highest BCUT2D eigenvalue weighted by Crippen LogP contribution is 2.15. The lowest BCUT2D eigenvalue weighted by Crippen LogP contribution is -2.22. The number of rotatable bonds is 1. The number of nitrogens with zero attached hydrogens (tertiary/aromatic N) is 2. The maximum absolute atomic E-state index is 12.6. The molecule has 0 aliphatic heterocycles. The molecular formula is C15H11IN2O. The van der Waals surface area contributed by atoms with Crippen LogP contribution >= 0.6 is 22.6 Å². The summed E-state index contributed by atoms with van der Waals surface area (Å²) >= 11 is 2.20. The molecule has 3 rings (SSSR count). The summed E-state index contributed by atoms with van der Waals surface area (Å²) in [5.41, 5.74) is 1.57. The topological polar surface area (TPSA) is 34.9 Å². The van der Waals surface area contributed by atoms with Gasteiger partial charge < -0.3 is 0 Å². The third-order valence-corrected chi connectivity index (χ3v) is 3.68. The van der Waals surface area contributed by atoms with Crippen molar-refractivity contribution in [1.29, 1.82) is 0 Å². The smallest absolute Gasteiger partial charge is 0.265 e. The van der Waals surface area contributed by atoms with Gasteiger partial charge in [-0.1, -0.05) is 18.2 Å². The van der Waals surface area contributed by atoms with E-state index in [2.05, 4.69) is 27.6 Å². The van der Waals surface area contributed by atoms with Crippen LogP contribution < -0.4 is 5.56 Å². The number of aromatic nitrogens is 2. The second-order valence-electron chi connectivity index (χ2n) is 4.30. The van der Waals surface area contributed by atoms with E-state index < -0.39 is 0 Å². The van der Waals surface area contributed by atoms with Crippen molar-refractivity contribution >= 4 is 33.5 Å². The van der Waals surface area contributed by atoms with Gasteiger partial charge in [0.05, 0.1) is 16.6 Å². The quantitative estimate of drug-likeness (QED) is 0.623. The van der Waals surface area contributed by atoms with Crippen molar-refractivity contribution in [3.63, 3.8) is 0 Å². The lowest BCUT2D eigenvalue weighted by molar-refractivity contribution is 0.895. The summed E-state index contributed by atoms with van der Waals surface area (Å²) < 4.78 is 2.69. The van der Waals surface area contributed by atoms with Crippen LogP contribution in [0, 0.1) is 10.5 Å². The predicted molar refractivity (Wildman–Crippen MR) is 84.8 cm³/mol. The van der Waals surface area contributed by atoms with Crippen LogP contribution in [-0.4, -0.2) is 9.55 Å². The minimum absolute atomic E-state index is 0.0211. The largest absolute Gasteiger partial charge is 0.268 e. The minimum Gasteiger partial charge on any atom is -0.268 e. The minimum atomic E-state index is -0.0211. The second-order valence-corrected chi connectivity index (χ2v) is 5.54. The second kappa shape index (κ2) is 4.77. The Bertz CT molecular complexity index is 809. The third-order valence-electron chi connectivity index (χ3n) is 3.01. The zero-order valence-electron chi connectivity index (χ0n) is 10.3. The van der Waals surface area contributed by atoms with Gasteiger partial charge in [0.25, 0.3) is 5.56 Å². The van der Waals surface area contributed by atoms with Crippen molar-refractivity contribution in [1.82, 2.24) is 9.55 Å². The number of para-hydroxylation sites is 1. The highest BCUT2D eigenvalue weighted by atomic mass is 127. The molecule has 1 aromatic heterocycles. The number of fused-ring (bicyclic) bond motifs is 1. The Labute approximate surface area is 124 Å². The monoisotopic (exact) mass is 362 g/mol. The normalized spacial score (nSPS) is 10.8. The van der Waals surface area contributed by atoms with Crippen molar-refractivity contribution < 1.29 is 0 Å². The average Bonchev–Trinajstić information content (AvgIpc) is 2.41. The van der Waals surface area contributed by atoms with Crippen LogP contribution in [-0.2, 0) is 0 Å². The van der Waals surface area contributed by atoms with E-state index in [1.165, 1.54) is 0 Å². The first-order valence-electron chi connectivity index (χ1n) is 5.91. The maximum Gasteiger partial charge on any atom is 0.265 e. The van der Waals surface area contributed by atoms with Crippen LogP contribution in [0.4, 0.5) is 0 Å². The number of aryl methyl sites for hydroxylation is 1. The van der Waals surface area contributed by atoms with Gasteiger partial charge in [-0.15, -0.1) is 0 Å². The molecule has 0 bridgehead atoms. The van der Waals surface area contributed by atoms with E-state index in [1.54, 1.807) is 4.57 Å². The van der Waals surface area contributed by atoms with Crippen LogP contribution in [0.2, 0.25) is 0 Å². The fourth-order valence-electron chi connectivity index (χ4n) is 2.15. The molecule has 0 saturated carbocycles. The molecule has 3 aromatic rings. The summed E-state index contributed by atoms with van der Waals surface area (Å²) in [6, 6.07) is 15.3. The lowest BCUT2D eigenvalue weighted by atomic mass is 10.2. The van der Waals surface area contributed by atoms with Gasteiger partial charge >= 0.3 is 0 Å². The molecule has 1 heterocycles. The van der Waals surface area contributed by atoms with Crippen molar-refractivity contribution in [2.24, 2.45) is 0 Å². The first kappa shape index (κ1) is 12.3. The van der Waals surface area contributed by atoms with E-state index in [1.807, 2.05) is 55.5 Å². The molecule has 0 spiro atoms. The molecule has 0 unspecified atom stereocenters. The molecule has 0 atom stereocenters. The maximum atomic E-state index is 12.6. The van der Waals surface area contributed by atoms with Crippen molar-refractivity contribution in [2.45, 2.75) is 6.92 Å². The molecule has 0 fully saturated rings. The Morgan fingerprint density at radius 1 is 1.11 bits per heavy atom. The molecule has 2 aromatic carbocycles. The number of hydrogen-bond acceptors (Lipinski definition) is 2. The summed E-state index contributed by atoms with van der Waals surface area (Å²) in [4.78, 5) is 17.1. The number of benzene rings is 2. The highest BCUT2D eigenvalue weighted by Gasteiger charge is 2.09. The van der Waals surface area contributed by atoms with E-state index in [0.717, 1.165) is 14.8 Å². The molecule has 19 heavy (non-hydrogen) atoms. The molecule has 3 nitrogen and oxygen atoms in total. The fraction of sp³-hybridized carbons (Fsp3) is 0.0667. The van der Waals surface area contributed by atoms with Crippen LogP contribution in [0.15, 0.2) is 53.3 Å². The van der Waals surface area contributed by atoms with Gasteiger partial charge in [0.1, 0.15) is 5.82 Å². The molecular weight excluding hydrogens is 351 g/mol. The molecule has 0 aliphatic rings. The standard InChI is InChI=1S/C15H11IN2O/c1-10-17-14-8-7-11(16)9-13(14)15(19)18(10)12-5-3-2-4-6-12/h2-9H,1H3. The van der Waals surface area contributed by atoms with E-state index >= 15 is 0 Å². The fourth-order valence-corrected chi connectivity index (χ4v) is 2.64. The Hall–Kier alpha value is -1.69. The third kappa shape index (κ3) is 2.16. The number of halogens is 1. The lowest BCUT2D eigenvalue weighted by Gasteiger charge is -2.10. The Balaban J connectivity index is 2.41. The van der Waals surface area contributed by atoms with Gasteiger partial charge in [-0.25, -0.2) is 4.98 Å². The van der Waals surface area contributed by atoms with E-state index in [-0.39, 0.29) is 5.56 Å². The van der Waals surface area contributed by atoms with Gasteiger partial charge in [0, 0.05) is 3.57 Å². The van der Waals surface area contributed by atoms with E-state index in [0.29, 0.717) is 11.2 Å². The summed E-state index contributed by atoms with van der Waals surface area (Å²) in [5, 5.41) is 0.654. The SMILES string of the molecule is Cc1nc2ccc(I)cc2c(=O)n1-c1ccccc1. The highest BCUT2D eigenvalue weighted by molar-refractivity contribution is 14.1. The average molecular weight is 362 g/mol. The molecule has 0 amide bonds. The zero-order valence-corrected chi connectivity index (χ0v) is 12.5. The van der Waals surface area contributed by atoms with Gasteiger partial charge in [-0.3, -0.25) is 9.36 Å². The summed E-state index contributed by atoms with van der Waals surface area (Å²) in [7, 11) is 0.